The van der Waals surface area contributed by atoms with E-state index in [1.54, 1.807) is 18.3 Å². The zero-order valence-electron chi connectivity index (χ0n) is 12.6. The van der Waals surface area contributed by atoms with Crippen LogP contribution < -0.4 is 0 Å². The number of aliphatic hydroxyl groups is 1. The van der Waals surface area contributed by atoms with Gasteiger partial charge in [0.25, 0.3) is 0 Å². The quantitative estimate of drug-likeness (QED) is 0.755. The van der Waals surface area contributed by atoms with Crippen LogP contribution in [-0.4, -0.2) is 21.2 Å². The van der Waals surface area contributed by atoms with E-state index in [0.717, 1.165) is 16.5 Å². The summed E-state index contributed by atoms with van der Waals surface area (Å²) in [5.74, 6) is 2.21. The Balaban J connectivity index is 1.97. The molecular formula is C19H15FN2O. The fourth-order valence-electron chi connectivity index (χ4n) is 2.41. The second kappa shape index (κ2) is 6.15. The molecule has 0 bridgehead atoms. The minimum Gasteiger partial charge on any atom is -0.380 e. The van der Waals surface area contributed by atoms with Crippen molar-refractivity contribution in [1.29, 1.82) is 0 Å². The first-order chi connectivity index (χ1) is 11.1. The van der Waals surface area contributed by atoms with Gasteiger partial charge in [-0.3, -0.25) is 0 Å². The number of aliphatic hydroxyl groups excluding tert-OH is 1. The Kier molecular flexibility index (Phi) is 4.05. The minimum absolute atomic E-state index is 0.0838. The average Bonchev–Trinajstić information content (AvgIpc) is 2.56. The molecular weight excluding hydrogens is 291 g/mol. The summed E-state index contributed by atoms with van der Waals surface area (Å²) < 4.78 is 14.2. The highest BCUT2D eigenvalue weighted by atomic mass is 19.1. The number of aryl methyl sites for hydroxylation is 1. The van der Waals surface area contributed by atoms with E-state index in [2.05, 4.69) is 15.9 Å². The Morgan fingerprint density at radius 2 is 2.09 bits per heavy atom. The predicted molar refractivity (Wildman–Crippen MR) is 88.2 cm³/mol. The van der Waals surface area contributed by atoms with Crippen LogP contribution in [0.1, 0.15) is 11.1 Å². The molecule has 1 atom stereocenters. The lowest BCUT2D eigenvalue weighted by molar-refractivity contribution is 0.232. The summed E-state index contributed by atoms with van der Waals surface area (Å²) in [4.78, 5) is 8.78. The molecule has 0 aliphatic rings. The molecule has 0 saturated carbocycles. The zero-order chi connectivity index (χ0) is 16.4. The average molecular weight is 306 g/mol. The molecule has 0 fully saturated rings. The molecule has 3 nitrogen and oxygen atoms in total. The molecule has 0 radical (unpaired) electrons. The standard InChI is InChI=1S/C19H15FN2O/c1-3-16(23)9-13-5-6-14(10-17(13)20)19-21-11-15-8-12(2)4-7-18(15)22-19/h1,4-8,10-11,16,23H,9H2,2H3. The molecule has 3 rings (SSSR count). The van der Waals surface area contributed by atoms with E-state index >= 15 is 0 Å². The summed E-state index contributed by atoms with van der Waals surface area (Å²) in [6, 6.07) is 10.6. The number of aromatic nitrogens is 2. The van der Waals surface area contributed by atoms with Crippen molar-refractivity contribution in [3.63, 3.8) is 0 Å². The molecule has 3 aromatic rings. The Labute approximate surface area is 133 Å². The maximum absolute atomic E-state index is 14.2. The van der Waals surface area contributed by atoms with Crippen molar-refractivity contribution in [2.75, 3.05) is 0 Å². The van der Waals surface area contributed by atoms with E-state index in [4.69, 9.17) is 6.42 Å². The van der Waals surface area contributed by atoms with Crippen molar-refractivity contribution in [3.8, 4) is 23.7 Å². The number of nitrogens with zero attached hydrogens (tertiary/aromatic N) is 2. The first-order valence-corrected chi connectivity index (χ1v) is 7.23. The van der Waals surface area contributed by atoms with E-state index in [-0.39, 0.29) is 6.42 Å². The zero-order valence-corrected chi connectivity index (χ0v) is 12.6. The topological polar surface area (TPSA) is 46.0 Å². The van der Waals surface area contributed by atoms with Crippen molar-refractivity contribution in [3.05, 3.63) is 59.5 Å². The van der Waals surface area contributed by atoms with Crippen LogP contribution in [0.15, 0.2) is 42.6 Å². The van der Waals surface area contributed by atoms with Gasteiger partial charge in [0.05, 0.1) is 5.52 Å². The second-order valence-corrected chi connectivity index (χ2v) is 5.45. The number of rotatable bonds is 3. The summed E-state index contributed by atoms with van der Waals surface area (Å²) in [6.45, 7) is 2.01. The first-order valence-electron chi connectivity index (χ1n) is 7.23. The second-order valence-electron chi connectivity index (χ2n) is 5.45. The Morgan fingerprint density at radius 1 is 1.26 bits per heavy atom. The number of hydrogen-bond donors (Lipinski definition) is 1. The van der Waals surface area contributed by atoms with Crippen molar-refractivity contribution in [2.24, 2.45) is 0 Å². The van der Waals surface area contributed by atoms with Crippen molar-refractivity contribution in [1.82, 2.24) is 9.97 Å². The van der Waals surface area contributed by atoms with Gasteiger partial charge in [-0.25, -0.2) is 14.4 Å². The molecule has 0 spiro atoms. The molecule has 4 heteroatoms. The number of fused-ring (bicyclic) bond motifs is 1. The summed E-state index contributed by atoms with van der Waals surface area (Å²) in [5.41, 5.74) is 2.91. The molecule has 1 N–H and O–H groups in total. The van der Waals surface area contributed by atoms with E-state index < -0.39 is 11.9 Å². The lowest BCUT2D eigenvalue weighted by atomic mass is 10.0. The van der Waals surface area contributed by atoms with E-state index in [1.165, 1.54) is 6.07 Å². The van der Waals surface area contributed by atoms with E-state index in [9.17, 15) is 9.50 Å². The fraction of sp³-hybridized carbons (Fsp3) is 0.158. The van der Waals surface area contributed by atoms with Gasteiger partial charge in [0.2, 0.25) is 0 Å². The molecule has 0 saturated heterocycles. The third-order valence-corrected chi connectivity index (χ3v) is 3.65. The van der Waals surface area contributed by atoms with Gasteiger partial charge in [0.1, 0.15) is 11.9 Å². The lowest BCUT2D eigenvalue weighted by Gasteiger charge is -2.08. The summed E-state index contributed by atoms with van der Waals surface area (Å²) in [5, 5.41) is 10.4. The van der Waals surface area contributed by atoms with Crippen LogP contribution in [0.2, 0.25) is 0 Å². The van der Waals surface area contributed by atoms with Crippen LogP contribution >= 0.6 is 0 Å². The van der Waals surface area contributed by atoms with Gasteiger partial charge in [-0.05, 0) is 30.7 Å². The lowest BCUT2D eigenvalue weighted by Crippen LogP contribution is -2.08. The third-order valence-electron chi connectivity index (χ3n) is 3.65. The highest BCUT2D eigenvalue weighted by molar-refractivity contribution is 5.80. The van der Waals surface area contributed by atoms with Gasteiger partial charge in [0.15, 0.2) is 5.82 Å². The van der Waals surface area contributed by atoms with Gasteiger partial charge in [0, 0.05) is 23.6 Å². The summed E-state index contributed by atoms with van der Waals surface area (Å²) in [7, 11) is 0. The van der Waals surface area contributed by atoms with Crippen LogP contribution in [0, 0.1) is 25.1 Å². The number of terminal acetylenes is 1. The molecule has 0 aliphatic heterocycles. The predicted octanol–water partition coefficient (Wildman–Crippen LogP) is 3.28. The Morgan fingerprint density at radius 3 is 2.83 bits per heavy atom. The van der Waals surface area contributed by atoms with Crippen LogP contribution in [-0.2, 0) is 6.42 Å². The first kappa shape index (κ1) is 15.1. The van der Waals surface area contributed by atoms with E-state index in [1.807, 2.05) is 25.1 Å². The number of benzene rings is 2. The smallest absolute Gasteiger partial charge is 0.159 e. The monoisotopic (exact) mass is 306 g/mol. The van der Waals surface area contributed by atoms with Crippen molar-refractivity contribution in [2.45, 2.75) is 19.4 Å². The van der Waals surface area contributed by atoms with Gasteiger partial charge in [-0.1, -0.05) is 29.7 Å². The van der Waals surface area contributed by atoms with Crippen LogP contribution in [0.5, 0.6) is 0 Å². The molecule has 1 aromatic heterocycles. The molecule has 0 aliphatic carbocycles. The largest absolute Gasteiger partial charge is 0.380 e. The normalized spacial score (nSPS) is 12.1. The minimum atomic E-state index is -0.990. The summed E-state index contributed by atoms with van der Waals surface area (Å²) >= 11 is 0. The fourth-order valence-corrected chi connectivity index (χ4v) is 2.41. The van der Waals surface area contributed by atoms with Crippen molar-refractivity contribution >= 4 is 10.9 Å². The molecule has 0 amide bonds. The third kappa shape index (κ3) is 3.20. The maximum Gasteiger partial charge on any atom is 0.159 e. The molecule has 23 heavy (non-hydrogen) atoms. The molecule has 1 heterocycles. The van der Waals surface area contributed by atoms with Crippen LogP contribution in [0.25, 0.3) is 22.3 Å². The SMILES string of the molecule is C#CC(O)Cc1ccc(-c2ncc3cc(C)ccc3n2)cc1F. The van der Waals surface area contributed by atoms with Crippen molar-refractivity contribution < 1.29 is 9.50 Å². The summed E-state index contributed by atoms with van der Waals surface area (Å²) in [6.07, 6.45) is 5.94. The number of halogens is 1. The van der Waals surface area contributed by atoms with Gasteiger partial charge in [-0.2, -0.15) is 0 Å². The van der Waals surface area contributed by atoms with Gasteiger partial charge >= 0.3 is 0 Å². The number of hydrogen-bond acceptors (Lipinski definition) is 3. The van der Waals surface area contributed by atoms with Gasteiger partial charge < -0.3 is 5.11 Å². The maximum atomic E-state index is 14.2. The van der Waals surface area contributed by atoms with Crippen LogP contribution in [0.4, 0.5) is 4.39 Å². The Bertz CT molecular complexity index is 915. The molecule has 114 valence electrons. The highest BCUT2D eigenvalue weighted by Gasteiger charge is 2.10. The van der Waals surface area contributed by atoms with E-state index in [0.29, 0.717) is 17.0 Å². The Hall–Kier alpha value is -2.77. The molecule has 2 aromatic carbocycles. The van der Waals surface area contributed by atoms with Crippen LogP contribution in [0.3, 0.4) is 0 Å². The highest BCUT2D eigenvalue weighted by Crippen LogP contribution is 2.22. The van der Waals surface area contributed by atoms with Gasteiger partial charge in [-0.15, -0.1) is 6.42 Å². The molecule has 1 unspecified atom stereocenters.